The Labute approximate surface area is 155 Å². The van der Waals surface area contributed by atoms with Gasteiger partial charge < -0.3 is 4.52 Å². The molecule has 2 aliphatic rings. The van der Waals surface area contributed by atoms with Gasteiger partial charge in [-0.15, -0.1) is 11.3 Å². The van der Waals surface area contributed by atoms with E-state index in [0.29, 0.717) is 27.4 Å². The second-order valence-electron chi connectivity index (χ2n) is 6.87. The van der Waals surface area contributed by atoms with Crippen LogP contribution in [0, 0.1) is 0 Å². The number of hydrogen-bond acceptors (Lipinski definition) is 6. The van der Waals surface area contributed by atoms with Gasteiger partial charge in [-0.1, -0.05) is 23.4 Å². The van der Waals surface area contributed by atoms with Crippen LogP contribution in [0.2, 0.25) is 0 Å². The van der Waals surface area contributed by atoms with E-state index in [-0.39, 0.29) is 6.04 Å². The fourth-order valence-corrected chi connectivity index (χ4v) is 6.36. The maximum atomic E-state index is 13.2. The van der Waals surface area contributed by atoms with Gasteiger partial charge in [0, 0.05) is 22.9 Å². The van der Waals surface area contributed by atoms with Crippen LogP contribution in [-0.4, -0.2) is 24.6 Å². The molecule has 1 aliphatic carbocycles. The Hall–Kier alpha value is -2.19. The average Bonchev–Trinajstić information content (AvgIpc) is 3.05. The minimum Gasteiger partial charge on any atom is -0.339 e. The Balaban J connectivity index is 1.50. The van der Waals surface area contributed by atoms with E-state index in [1.54, 1.807) is 11.4 Å². The van der Waals surface area contributed by atoms with Gasteiger partial charge in [-0.05, 0) is 43.9 Å². The van der Waals surface area contributed by atoms with E-state index < -0.39 is 10.0 Å². The molecule has 1 atom stereocenters. The predicted octanol–water partition coefficient (Wildman–Crippen LogP) is 3.82. The minimum atomic E-state index is -3.62. The summed E-state index contributed by atoms with van der Waals surface area (Å²) in [5.41, 5.74) is 2.52. The summed E-state index contributed by atoms with van der Waals surface area (Å²) < 4.78 is 33.6. The molecule has 0 bridgehead atoms. The monoisotopic (exact) mass is 387 g/mol. The molecule has 2 aromatic heterocycles. The molecule has 1 aliphatic heterocycles. The lowest BCUT2D eigenvalue weighted by atomic mass is 10.1. The van der Waals surface area contributed by atoms with E-state index >= 15 is 0 Å². The molecule has 134 valence electrons. The van der Waals surface area contributed by atoms with Gasteiger partial charge in [0.2, 0.25) is 11.7 Å². The number of hydrogen-bond donors (Lipinski definition) is 0. The zero-order chi connectivity index (χ0) is 17.9. The highest BCUT2D eigenvalue weighted by molar-refractivity contribution is 7.94. The van der Waals surface area contributed by atoms with Gasteiger partial charge >= 0.3 is 0 Å². The van der Waals surface area contributed by atoms with Crippen molar-refractivity contribution >= 4 is 27.0 Å². The summed E-state index contributed by atoms with van der Waals surface area (Å²) >= 11 is 1.20. The van der Waals surface area contributed by atoms with Crippen LogP contribution in [0.5, 0.6) is 0 Å². The van der Waals surface area contributed by atoms with Crippen LogP contribution in [0.15, 0.2) is 44.4 Å². The number of anilines is 1. The first-order chi connectivity index (χ1) is 12.5. The molecule has 5 rings (SSSR count). The van der Waals surface area contributed by atoms with Gasteiger partial charge in [-0.25, -0.2) is 8.42 Å². The first-order valence-electron chi connectivity index (χ1n) is 8.59. The highest BCUT2D eigenvalue weighted by Crippen LogP contribution is 2.41. The van der Waals surface area contributed by atoms with Gasteiger partial charge in [0.1, 0.15) is 4.21 Å². The Bertz CT molecular complexity index is 1080. The van der Waals surface area contributed by atoms with Crippen LogP contribution in [0.3, 0.4) is 0 Å². The number of para-hydroxylation sites is 1. The van der Waals surface area contributed by atoms with Crippen LogP contribution in [0.25, 0.3) is 11.4 Å². The van der Waals surface area contributed by atoms with Gasteiger partial charge in [0.25, 0.3) is 10.0 Å². The van der Waals surface area contributed by atoms with Crippen molar-refractivity contribution in [3.8, 4) is 11.4 Å². The molecule has 0 unspecified atom stereocenters. The van der Waals surface area contributed by atoms with Gasteiger partial charge in [-0.2, -0.15) is 4.98 Å². The van der Waals surface area contributed by atoms with E-state index in [1.165, 1.54) is 15.6 Å². The molecule has 6 nitrogen and oxygen atoms in total. The second kappa shape index (κ2) is 5.65. The van der Waals surface area contributed by atoms with E-state index in [0.717, 1.165) is 30.5 Å². The van der Waals surface area contributed by atoms with Crippen LogP contribution < -0.4 is 4.31 Å². The number of fused-ring (bicyclic) bond motifs is 1. The molecular formula is C18H17N3O3S2. The van der Waals surface area contributed by atoms with E-state index in [4.69, 9.17) is 4.52 Å². The van der Waals surface area contributed by atoms with Crippen LogP contribution in [0.4, 0.5) is 5.69 Å². The van der Waals surface area contributed by atoms with Gasteiger partial charge in [0.05, 0.1) is 5.69 Å². The van der Waals surface area contributed by atoms with Crippen molar-refractivity contribution in [3.63, 3.8) is 0 Å². The first kappa shape index (κ1) is 16.0. The zero-order valence-corrected chi connectivity index (χ0v) is 15.8. The van der Waals surface area contributed by atoms with Crippen molar-refractivity contribution in [2.75, 3.05) is 4.31 Å². The van der Waals surface area contributed by atoms with Gasteiger partial charge in [-0.3, -0.25) is 4.31 Å². The van der Waals surface area contributed by atoms with Crippen LogP contribution in [0.1, 0.15) is 37.1 Å². The third-order valence-corrected chi connectivity index (χ3v) is 8.20. The number of thiophene rings is 1. The zero-order valence-electron chi connectivity index (χ0n) is 14.1. The number of rotatable bonds is 4. The number of aromatic nitrogens is 2. The minimum absolute atomic E-state index is 0.102. The average molecular weight is 387 g/mol. The quantitative estimate of drug-likeness (QED) is 0.680. The molecule has 1 aromatic carbocycles. The highest BCUT2D eigenvalue weighted by Gasteiger charge is 2.37. The fraction of sp³-hybridized carbons (Fsp3) is 0.333. The summed E-state index contributed by atoms with van der Waals surface area (Å²) in [5.74, 6) is 1.48. The topological polar surface area (TPSA) is 76.3 Å². The molecule has 0 amide bonds. The van der Waals surface area contributed by atoms with Crippen molar-refractivity contribution in [3.05, 3.63) is 47.2 Å². The normalized spacial score (nSPS) is 19.7. The number of benzene rings is 1. The molecule has 0 radical (unpaired) electrons. The molecule has 0 spiro atoms. The molecule has 3 aromatic rings. The largest absolute Gasteiger partial charge is 0.339 e. The smallest absolute Gasteiger partial charge is 0.274 e. The summed E-state index contributed by atoms with van der Waals surface area (Å²) in [5, 5.41) is 5.78. The van der Waals surface area contributed by atoms with Crippen molar-refractivity contribution in [2.45, 2.75) is 42.4 Å². The van der Waals surface area contributed by atoms with E-state index in [9.17, 15) is 8.42 Å². The summed E-state index contributed by atoms with van der Waals surface area (Å²) in [6.07, 6.45) is 2.89. The number of nitrogens with zero attached hydrogens (tertiary/aromatic N) is 3. The van der Waals surface area contributed by atoms with Crippen LogP contribution >= 0.6 is 11.3 Å². The number of sulfonamides is 1. The second-order valence-corrected chi connectivity index (χ2v) is 9.82. The van der Waals surface area contributed by atoms with E-state index in [1.807, 2.05) is 31.2 Å². The standard InChI is InChI=1S/C18H17N3O3S2/c1-11-8-13-4-2-3-5-15(13)21(11)26(22,23)16-9-14(10-25-16)17-19-18(24-20-17)12-6-7-12/h2-5,9-12H,6-8H2,1H3/t11-/m1/s1. The summed E-state index contributed by atoms with van der Waals surface area (Å²) in [6.45, 7) is 1.94. The molecule has 8 heteroatoms. The fourth-order valence-electron chi connectivity index (χ4n) is 3.42. The van der Waals surface area contributed by atoms with Crippen molar-refractivity contribution in [2.24, 2.45) is 0 Å². The lowest BCUT2D eigenvalue weighted by Gasteiger charge is -2.23. The molecule has 3 heterocycles. The molecule has 0 saturated heterocycles. The Kier molecular flexibility index (Phi) is 3.48. The van der Waals surface area contributed by atoms with Crippen molar-refractivity contribution < 1.29 is 12.9 Å². The Morgan fingerprint density at radius 3 is 2.88 bits per heavy atom. The molecule has 0 N–H and O–H groups in total. The predicted molar refractivity (Wildman–Crippen MR) is 98.9 cm³/mol. The third-order valence-electron chi connectivity index (χ3n) is 4.86. The molecular weight excluding hydrogens is 370 g/mol. The summed E-state index contributed by atoms with van der Waals surface area (Å²) in [7, 11) is -3.62. The van der Waals surface area contributed by atoms with E-state index in [2.05, 4.69) is 10.1 Å². The summed E-state index contributed by atoms with van der Waals surface area (Å²) in [6, 6.07) is 9.21. The van der Waals surface area contributed by atoms with Crippen molar-refractivity contribution in [1.82, 2.24) is 10.1 Å². The lowest BCUT2D eigenvalue weighted by molar-refractivity contribution is 0.380. The SMILES string of the molecule is C[C@@H]1Cc2ccccc2N1S(=O)(=O)c1cc(-c2noc(C3CC3)n2)cs1. The summed E-state index contributed by atoms with van der Waals surface area (Å²) in [4.78, 5) is 4.41. The lowest BCUT2D eigenvalue weighted by Crippen LogP contribution is -2.35. The Morgan fingerprint density at radius 1 is 1.27 bits per heavy atom. The molecule has 1 fully saturated rings. The first-order valence-corrected chi connectivity index (χ1v) is 10.9. The van der Waals surface area contributed by atoms with Crippen LogP contribution in [-0.2, 0) is 16.4 Å². The van der Waals surface area contributed by atoms with Crippen molar-refractivity contribution in [1.29, 1.82) is 0 Å². The molecule has 26 heavy (non-hydrogen) atoms. The maximum absolute atomic E-state index is 13.2. The highest BCUT2D eigenvalue weighted by atomic mass is 32.2. The maximum Gasteiger partial charge on any atom is 0.274 e. The molecule has 1 saturated carbocycles. The third kappa shape index (κ3) is 2.47. The van der Waals surface area contributed by atoms with Gasteiger partial charge in [0.15, 0.2) is 0 Å². The Morgan fingerprint density at radius 2 is 2.08 bits per heavy atom.